The van der Waals surface area contributed by atoms with Crippen molar-refractivity contribution in [3.8, 4) is 5.75 Å². The fourth-order valence-electron chi connectivity index (χ4n) is 5.09. The normalized spacial score (nSPS) is 28.6. The van der Waals surface area contributed by atoms with E-state index in [1.165, 1.54) is 12.0 Å². The molecule has 1 heterocycles. The predicted octanol–water partition coefficient (Wildman–Crippen LogP) is 5.22. The third-order valence-corrected chi connectivity index (χ3v) is 6.83. The Balaban J connectivity index is 1.74. The van der Waals surface area contributed by atoms with Crippen LogP contribution in [0.5, 0.6) is 5.75 Å². The molecule has 3 atom stereocenters. The van der Waals surface area contributed by atoms with Crippen LogP contribution in [-0.2, 0) is 6.54 Å². The van der Waals surface area contributed by atoms with Gasteiger partial charge in [0.1, 0.15) is 5.75 Å². The van der Waals surface area contributed by atoms with Crippen molar-refractivity contribution in [1.82, 2.24) is 4.90 Å². The van der Waals surface area contributed by atoms with Crippen molar-refractivity contribution in [2.45, 2.75) is 50.3 Å². The topological polar surface area (TPSA) is 32.7 Å². The zero-order valence-electron chi connectivity index (χ0n) is 15.9. The van der Waals surface area contributed by atoms with Crippen molar-refractivity contribution in [1.29, 1.82) is 0 Å². The first-order chi connectivity index (χ1) is 13.1. The lowest BCUT2D eigenvalue weighted by atomic mass is 9.66. The number of hydrogen-bond acceptors (Lipinski definition) is 3. The molecule has 4 rings (SSSR count). The first kappa shape index (κ1) is 18.8. The summed E-state index contributed by atoms with van der Waals surface area (Å²) in [4.78, 5) is 2.49. The number of nitrogens with zero attached hydrogens (tertiary/aromatic N) is 1. The Hall–Kier alpha value is -1.55. The lowest BCUT2D eigenvalue weighted by Crippen LogP contribution is -2.54. The fraction of sp³-hybridized carbons (Fsp3) is 0.478. The average Bonchev–Trinajstić information content (AvgIpc) is 2.69. The number of ether oxygens (including phenoxy) is 1. The molecule has 3 nitrogen and oxygen atoms in total. The Kier molecular flexibility index (Phi) is 5.45. The van der Waals surface area contributed by atoms with E-state index in [4.69, 9.17) is 16.3 Å². The Bertz CT molecular complexity index is 795. The molecule has 27 heavy (non-hydrogen) atoms. The molecule has 0 aromatic heterocycles. The summed E-state index contributed by atoms with van der Waals surface area (Å²) in [7, 11) is 1.73. The quantitative estimate of drug-likeness (QED) is 0.783. The maximum atomic E-state index is 11.4. The summed E-state index contributed by atoms with van der Waals surface area (Å²) in [5.41, 5.74) is 1.75. The number of rotatable bonds is 4. The molecule has 1 aliphatic heterocycles. The summed E-state index contributed by atoms with van der Waals surface area (Å²) < 4.78 is 5.70. The van der Waals surface area contributed by atoms with Crippen LogP contribution in [0.15, 0.2) is 48.5 Å². The third-order valence-electron chi connectivity index (χ3n) is 6.46. The predicted molar refractivity (Wildman–Crippen MR) is 109 cm³/mol. The molecular formula is C23H28ClNO2. The van der Waals surface area contributed by atoms with Gasteiger partial charge >= 0.3 is 0 Å². The second kappa shape index (κ2) is 7.83. The van der Waals surface area contributed by atoms with Gasteiger partial charge in [0.15, 0.2) is 0 Å². The number of halogens is 1. The number of fused-ring (bicyclic) bond motifs is 1. The largest absolute Gasteiger partial charge is 0.496 e. The molecule has 144 valence electrons. The summed E-state index contributed by atoms with van der Waals surface area (Å²) in [5, 5.41) is 12.2. The van der Waals surface area contributed by atoms with E-state index in [1.54, 1.807) is 7.11 Å². The number of para-hydroxylation sites is 1. The lowest BCUT2D eigenvalue weighted by Gasteiger charge is -2.53. The minimum absolute atomic E-state index is 0.136. The molecular weight excluding hydrogens is 358 g/mol. The van der Waals surface area contributed by atoms with Gasteiger partial charge in [-0.15, -0.1) is 0 Å². The van der Waals surface area contributed by atoms with E-state index in [0.717, 1.165) is 55.1 Å². The van der Waals surface area contributed by atoms with Gasteiger partial charge in [-0.3, -0.25) is 4.90 Å². The first-order valence-electron chi connectivity index (χ1n) is 9.95. The van der Waals surface area contributed by atoms with Gasteiger partial charge in [0.25, 0.3) is 0 Å². The van der Waals surface area contributed by atoms with Crippen molar-refractivity contribution < 1.29 is 9.84 Å². The molecule has 0 spiro atoms. The lowest BCUT2D eigenvalue weighted by molar-refractivity contribution is -0.126. The standard InChI is InChI=1S/C23H28ClNO2/c1-27-21-12-5-3-9-18(21)22-19-10-6-7-13-23(19,26)14-15-25(22)16-17-8-2-4-11-20(17)24/h2-5,8-9,11-12,19,22,26H,6-7,10,13-16H2,1H3/t19-,22+,23-/m0/s1. The maximum Gasteiger partial charge on any atom is 0.123 e. The Labute approximate surface area is 166 Å². The zero-order chi connectivity index (χ0) is 18.9. The van der Waals surface area contributed by atoms with Crippen LogP contribution in [0.1, 0.15) is 49.3 Å². The number of hydrogen-bond donors (Lipinski definition) is 1. The third kappa shape index (κ3) is 3.61. The first-order valence-corrected chi connectivity index (χ1v) is 10.3. The highest BCUT2D eigenvalue weighted by atomic mass is 35.5. The summed E-state index contributed by atoms with van der Waals surface area (Å²) in [6, 6.07) is 16.5. The van der Waals surface area contributed by atoms with Crippen molar-refractivity contribution in [3.05, 3.63) is 64.7 Å². The molecule has 0 unspecified atom stereocenters. The monoisotopic (exact) mass is 385 g/mol. The maximum absolute atomic E-state index is 11.4. The molecule has 2 aliphatic rings. The van der Waals surface area contributed by atoms with Crippen LogP contribution < -0.4 is 4.74 Å². The molecule has 4 heteroatoms. The average molecular weight is 386 g/mol. The molecule has 1 saturated heterocycles. The summed E-state index contributed by atoms with van der Waals surface area (Å²) in [6.07, 6.45) is 5.09. The molecule has 0 bridgehead atoms. The van der Waals surface area contributed by atoms with E-state index in [2.05, 4.69) is 23.1 Å². The van der Waals surface area contributed by atoms with Gasteiger partial charge in [-0.2, -0.15) is 0 Å². The number of likely N-dealkylation sites (tertiary alicyclic amines) is 1. The summed E-state index contributed by atoms with van der Waals surface area (Å²) >= 11 is 6.46. The molecule has 1 aliphatic carbocycles. The second-order valence-corrected chi connectivity index (χ2v) is 8.36. The van der Waals surface area contributed by atoms with Gasteiger partial charge in [-0.25, -0.2) is 0 Å². The highest BCUT2D eigenvalue weighted by Crippen LogP contribution is 2.51. The van der Waals surface area contributed by atoms with Gasteiger partial charge in [-0.1, -0.05) is 60.8 Å². The van der Waals surface area contributed by atoms with E-state index in [0.29, 0.717) is 0 Å². The van der Waals surface area contributed by atoms with Crippen LogP contribution in [0.4, 0.5) is 0 Å². The summed E-state index contributed by atoms with van der Waals surface area (Å²) in [5.74, 6) is 1.13. The van der Waals surface area contributed by atoms with Crippen LogP contribution in [0.2, 0.25) is 5.02 Å². The van der Waals surface area contributed by atoms with Crippen molar-refractivity contribution in [2.75, 3.05) is 13.7 Å². The van der Waals surface area contributed by atoms with Crippen LogP contribution in [0, 0.1) is 5.92 Å². The van der Waals surface area contributed by atoms with E-state index in [9.17, 15) is 5.11 Å². The van der Waals surface area contributed by atoms with Crippen molar-refractivity contribution in [2.24, 2.45) is 5.92 Å². The minimum Gasteiger partial charge on any atom is -0.496 e. The smallest absolute Gasteiger partial charge is 0.123 e. The molecule has 1 N–H and O–H groups in total. The number of benzene rings is 2. The van der Waals surface area contributed by atoms with Gasteiger partial charge in [0.05, 0.1) is 12.7 Å². The van der Waals surface area contributed by atoms with Gasteiger partial charge < -0.3 is 9.84 Å². The van der Waals surface area contributed by atoms with Crippen LogP contribution in [0.3, 0.4) is 0 Å². The van der Waals surface area contributed by atoms with Crippen molar-refractivity contribution in [3.63, 3.8) is 0 Å². The van der Waals surface area contributed by atoms with E-state index < -0.39 is 5.60 Å². The minimum atomic E-state index is -0.569. The van der Waals surface area contributed by atoms with Gasteiger partial charge in [0.2, 0.25) is 0 Å². The van der Waals surface area contributed by atoms with E-state index in [1.807, 2.05) is 30.3 Å². The SMILES string of the molecule is COc1ccccc1[C@@H]1[C@@H]2CCCC[C@]2(O)CCN1Cc1ccccc1Cl. The molecule has 0 radical (unpaired) electrons. The van der Waals surface area contributed by atoms with E-state index in [-0.39, 0.29) is 12.0 Å². The van der Waals surface area contributed by atoms with Crippen LogP contribution >= 0.6 is 11.6 Å². The highest BCUT2D eigenvalue weighted by molar-refractivity contribution is 6.31. The van der Waals surface area contributed by atoms with Crippen molar-refractivity contribution >= 4 is 11.6 Å². The van der Waals surface area contributed by atoms with Gasteiger partial charge in [0, 0.05) is 35.6 Å². The number of piperidine rings is 1. The Morgan fingerprint density at radius 3 is 2.70 bits per heavy atom. The second-order valence-electron chi connectivity index (χ2n) is 7.95. The van der Waals surface area contributed by atoms with Crippen LogP contribution in [0.25, 0.3) is 0 Å². The number of aliphatic hydroxyl groups is 1. The van der Waals surface area contributed by atoms with Gasteiger partial charge in [-0.05, 0) is 37.0 Å². The fourth-order valence-corrected chi connectivity index (χ4v) is 5.28. The zero-order valence-corrected chi connectivity index (χ0v) is 16.7. The van der Waals surface area contributed by atoms with E-state index >= 15 is 0 Å². The molecule has 2 fully saturated rings. The Morgan fingerprint density at radius 1 is 1.11 bits per heavy atom. The highest BCUT2D eigenvalue weighted by Gasteiger charge is 2.49. The molecule has 0 amide bonds. The molecule has 2 aromatic rings. The molecule has 2 aromatic carbocycles. The number of methoxy groups -OCH3 is 1. The van der Waals surface area contributed by atoms with Crippen LogP contribution in [-0.4, -0.2) is 29.3 Å². The molecule has 1 saturated carbocycles. The summed E-state index contributed by atoms with van der Waals surface area (Å²) in [6.45, 7) is 1.65. The Morgan fingerprint density at radius 2 is 1.89 bits per heavy atom.